The average Bonchev–Trinajstić information content (AvgIpc) is 3.27. The molecule has 0 saturated carbocycles. The summed E-state index contributed by atoms with van der Waals surface area (Å²) in [5.74, 6) is 1.74. The Morgan fingerprint density at radius 2 is 2.12 bits per heavy atom. The Labute approximate surface area is 140 Å². The topological polar surface area (TPSA) is 64.2 Å². The van der Waals surface area contributed by atoms with Crippen LogP contribution in [0.5, 0.6) is 0 Å². The molecule has 1 aliphatic heterocycles. The van der Waals surface area contributed by atoms with Gasteiger partial charge < -0.3 is 14.0 Å². The SMILES string of the molecule is Cc1cc(C2CCCN2C(=O)c2ccc3c(c2)nc(C)n3C)no1. The fourth-order valence-corrected chi connectivity index (χ4v) is 3.48. The normalized spacial score (nSPS) is 17.8. The summed E-state index contributed by atoms with van der Waals surface area (Å²) in [4.78, 5) is 19.4. The molecule has 0 spiro atoms. The van der Waals surface area contributed by atoms with E-state index in [2.05, 4.69) is 10.1 Å². The van der Waals surface area contributed by atoms with E-state index in [0.717, 1.165) is 47.7 Å². The molecule has 3 heterocycles. The molecule has 124 valence electrons. The summed E-state index contributed by atoms with van der Waals surface area (Å²) in [6.07, 6.45) is 1.90. The van der Waals surface area contributed by atoms with Gasteiger partial charge in [-0.1, -0.05) is 5.16 Å². The number of aromatic nitrogens is 3. The van der Waals surface area contributed by atoms with E-state index in [-0.39, 0.29) is 11.9 Å². The Hall–Kier alpha value is -2.63. The van der Waals surface area contributed by atoms with Gasteiger partial charge in [0.1, 0.15) is 17.3 Å². The van der Waals surface area contributed by atoms with Crippen LogP contribution in [0.1, 0.15) is 46.5 Å². The second-order valence-electron chi connectivity index (χ2n) is 6.44. The third kappa shape index (κ3) is 2.29. The maximum Gasteiger partial charge on any atom is 0.254 e. The van der Waals surface area contributed by atoms with E-state index in [0.29, 0.717) is 5.56 Å². The van der Waals surface area contributed by atoms with Crippen LogP contribution in [0.2, 0.25) is 0 Å². The van der Waals surface area contributed by atoms with Gasteiger partial charge in [-0.05, 0) is 44.9 Å². The summed E-state index contributed by atoms with van der Waals surface area (Å²) in [7, 11) is 1.98. The van der Waals surface area contributed by atoms with Gasteiger partial charge >= 0.3 is 0 Å². The highest BCUT2D eigenvalue weighted by Crippen LogP contribution is 2.33. The van der Waals surface area contributed by atoms with Gasteiger partial charge in [-0.2, -0.15) is 0 Å². The number of carbonyl (C=O) groups is 1. The zero-order valence-corrected chi connectivity index (χ0v) is 14.1. The van der Waals surface area contributed by atoms with Crippen LogP contribution in [0.15, 0.2) is 28.8 Å². The predicted octanol–water partition coefficient (Wildman–Crippen LogP) is 3.16. The molecule has 2 aromatic heterocycles. The van der Waals surface area contributed by atoms with Crippen LogP contribution < -0.4 is 0 Å². The molecule has 1 aromatic carbocycles. The number of hydrogen-bond donors (Lipinski definition) is 0. The lowest BCUT2D eigenvalue weighted by molar-refractivity contribution is 0.0731. The molecule has 6 heteroatoms. The second-order valence-corrected chi connectivity index (χ2v) is 6.44. The summed E-state index contributed by atoms with van der Waals surface area (Å²) in [6, 6.07) is 7.65. The van der Waals surface area contributed by atoms with Crippen LogP contribution in [-0.4, -0.2) is 32.1 Å². The van der Waals surface area contributed by atoms with Crippen molar-refractivity contribution in [1.29, 1.82) is 0 Å². The monoisotopic (exact) mass is 324 g/mol. The van der Waals surface area contributed by atoms with Gasteiger partial charge in [0.25, 0.3) is 5.91 Å². The number of imidazole rings is 1. The highest BCUT2D eigenvalue weighted by Gasteiger charge is 2.32. The Bertz CT molecular complexity index is 924. The van der Waals surface area contributed by atoms with Crippen molar-refractivity contribution in [2.75, 3.05) is 6.54 Å². The Morgan fingerprint density at radius 1 is 1.29 bits per heavy atom. The van der Waals surface area contributed by atoms with E-state index < -0.39 is 0 Å². The van der Waals surface area contributed by atoms with Crippen molar-refractivity contribution >= 4 is 16.9 Å². The van der Waals surface area contributed by atoms with Gasteiger partial charge in [-0.3, -0.25) is 4.79 Å². The van der Waals surface area contributed by atoms with Gasteiger partial charge in [0, 0.05) is 25.2 Å². The molecule has 1 saturated heterocycles. The second kappa shape index (κ2) is 5.47. The first-order valence-corrected chi connectivity index (χ1v) is 8.22. The minimum atomic E-state index is -0.00360. The van der Waals surface area contributed by atoms with E-state index in [1.165, 1.54) is 0 Å². The Balaban J connectivity index is 1.67. The van der Waals surface area contributed by atoms with Crippen molar-refractivity contribution in [3.05, 3.63) is 47.1 Å². The Kier molecular flexibility index (Phi) is 3.40. The largest absolute Gasteiger partial charge is 0.361 e. The van der Waals surface area contributed by atoms with Gasteiger partial charge in [-0.25, -0.2) is 4.98 Å². The minimum Gasteiger partial charge on any atom is -0.361 e. The molecule has 0 radical (unpaired) electrons. The van der Waals surface area contributed by atoms with Crippen molar-refractivity contribution in [3.63, 3.8) is 0 Å². The van der Waals surface area contributed by atoms with Crippen molar-refractivity contribution in [2.45, 2.75) is 32.7 Å². The molecule has 1 aliphatic rings. The molecule has 1 atom stereocenters. The maximum absolute atomic E-state index is 13.0. The molecular formula is C18H20N4O2. The van der Waals surface area contributed by atoms with E-state index >= 15 is 0 Å². The highest BCUT2D eigenvalue weighted by atomic mass is 16.5. The summed E-state index contributed by atoms with van der Waals surface area (Å²) in [5, 5.41) is 4.10. The van der Waals surface area contributed by atoms with Crippen LogP contribution in [0.4, 0.5) is 0 Å². The molecule has 0 aliphatic carbocycles. The first kappa shape index (κ1) is 14.9. The molecule has 1 unspecified atom stereocenters. The number of rotatable bonds is 2. The lowest BCUT2D eigenvalue weighted by Crippen LogP contribution is -2.30. The van der Waals surface area contributed by atoms with Crippen molar-refractivity contribution in [3.8, 4) is 0 Å². The third-order valence-electron chi connectivity index (χ3n) is 4.85. The third-order valence-corrected chi connectivity index (χ3v) is 4.85. The summed E-state index contributed by atoms with van der Waals surface area (Å²) >= 11 is 0. The lowest BCUT2D eigenvalue weighted by Gasteiger charge is -2.23. The van der Waals surface area contributed by atoms with Crippen LogP contribution in [0, 0.1) is 13.8 Å². The number of fused-ring (bicyclic) bond motifs is 1. The van der Waals surface area contributed by atoms with E-state index in [9.17, 15) is 4.79 Å². The van der Waals surface area contributed by atoms with Crippen LogP contribution in [0.3, 0.4) is 0 Å². The molecule has 0 N–H and O–H groups in total. The molecule has 4 rings (SSSR count). The van der Waals surface area contributed by atoms with Crippen LogP contribution in [-0.2, 0) is 7.05 Å². The fourth-order valence-electron chi connectivity index (χ4n) is 3.48. The summed E-state index contributed by atoms with van der Waals surface area (Å²) < 4.78 is 7.21. The Morgan fingerprint density at radius 3 is 2.88 bits per heavy atom. The molecule has 24 heavy (non-hydrogen) atoms. The van der Waals surface area contributed by atoms with E-state index in [1.807, 2.05) is 54.6 Å². The van der Waals surface area contributed by atoms with Gasteiger partial charge in [0.2, 0.25) is 0 Å². The average molecular weight is 324 g/mol. The standard InChI is InChI=1S/C18H20N4O2/c1-11-9-15(20-24-11)17-5-4-8-22(17)18(23)13-6-7-16-14(10-13)19-12(2)21(16)3/h6-7,9-10,17H,4-5,8H2,1-3H3. The number of carbonyl (C=O) groups excluding carboxylic acids is 1. The van der Waals surface area contributed by atoms with Gasteiger partial charge in [0.15, 0.2) is 0 Å². The van der Waals surface area contributed by atoms with Crippen molar-refractivity contribution in [2.24, 2.45) is 7.05 Å². The number of aryl methyl sites for hydroxylation is 3. The highest BCUT2D eigenvalue weighted by molar-refractivity contribution is 5.97. The molecule has 6 nitrogen and oxygen atoms in total. The molecule has 1 fully saturated rings. The van der Waals surface area contributed by atoms with Gasteiger partial charge in [-0.15, -0.1) is 0 Å². The predicted molar refractivity (Wildman–Crippen MR) is 89.7 cm³/mol. The van der Waals surface area contributed by atoms with Crippen molar-refractivity contribution < 1.29 is 9.32 Å². The van der Waals surface area contributed by atoms with Crippen LogP contribution in [0.25, 0.3) is 11.0 Å². The van der Waals surface area contributed by atoms with Crippen LogP contribution >= 0.6 is 0 Å². The molecule has 1 amide bonds. The van der Waals surface area contributed by atoms with Gasteiger partial charge in [0.05, 0.1) is 17.1 Å². The zero-order chi connectivity index (χ0) is 16.8. The quantitative estimate of drug-likeness (QED) is 0.726. The number of amides is 1. The number of hydrogen-bond acceptors (Lipinski definition) is 4. The number of likely N-dealkylation sites (tertiary alicyclic amines) is 1. The fraction of sp³-hybridized carbons (Fsp3) is 0.389. The van der Waals surface area contributed by atoms with Crippen molar-refractivity contribution in [1.82, 2.24) is 19.6 Å². The number of nitrogens with zero attached hydrogens (tertiary/aromatic N) is 4. The van der Waals surface area contributed by atoms with E-state index in [4.69, 9.17) is 4.52 Å². The molecular weight excluding hydrogens is 304 g/mol. The lowest BCUT2D eigenvalue weighted by atomic mass is 10.1. The maximum atomic E-state index is 13.0. The first-order valence-electron chi connectivity index (χ1n) is 8.22. The van der Waals surface area contributed by atoms with E-state index in [1.54, 1.807) is 0 Å². The summed E-state index contributed by atoms with van der Waals surface area (Å²) in [6.45, 7) is 4.58. The zero-order valence-electron chi connectivity index (χ0n) is 14.1. The smallest absolute Gasteiger partial charge is 0.254 e. The number of benzene rings is 1. The first-order chi connectivity index (χ1) is 11.5. The minimum absolute atomic E-state index is 0.00360. The molecule has 3 aromatic rings. The molecule has 0 bridgehead atoms. The summed E-state index contributed by atoms with van der Waals surface area (Å²) in [5.41, 5.74) is 3.41.